The van der Waals surface area contributed by atoms with Gasteiger partial charge in [0.05, 0.1) is 12.8 Å². The van der Waals surface area contributed by atoms with E-state index in [1.807, 2.05) is 0 Å². The van der Waals surface area contributed by atoms with Crippen molar-refractivity contribution < 1.29 is 29.4 Å². The number of carbonyl (C=O) groups excluding carboxylic acids is 1. The molecule has 6 nitrogen and oxygen atoms in total. The maximum Gasteiger partial charge on any atom is 0.709 e. The maximum absolute atomic E-state index is 10.4. The molecule has 7 heteroatoms. The zero-order chi connectivity index (χ0) is 8.85. The Kier molecular flexibility index (Phi) is 4.24. The first-order valence-corrected chi connectivity index (χ1v) is 2.80. The molecular weight excluding hydrogens is 155 g/mol. The number of aliphatic carboxylic acids is 1. The van der Waals surface area contributed by atoms with Crippen LogP contribution in [0.25, 0.3) is 0 Å². The van der Waals surface area contributed by atoms with Crippen LogP contribution in [0.3, 0.4) is 0 Å². The summed E-state index contributed by atoms with van der Waals surface area (Å²) >= 11 is 0. The molecule has 0 saturated carbocycles. The zero-order valence-corrected chi connectivity index (χ0v) is 5.56. The summed E-state index contributed by atoms with van der Waals surface area (Å²) < 4.78 is 3.81. The van der Waals surface area contributed by atoms with E-state index in [0.29, 0.717) is 0 Å². The van der Waals surface area contributed by atoms with Gasteiger partial charge in [-0.25, -0.2) is 0 Å². The minimum absolute atomic E-state index is 0.368. The molecule has 0 aliphatic heterocycles. The lowest BCUT2D eigenvalue weighted by atomic mass is 10.2. The van der Waals surface area contributed by atoms with E-state index in [0.717, 1.165) is 0 Å². The first-order chi connectivity index (χ1) is 5.02. The first-order valence-electron chi connectivity index (χ1n) is 2.80. The zero-order valence-electron chi connectivity index (χ0n) is 5.56. The van der Waals surface area contributed by atoms with Crippen molar-refractivity contribution in [3.05, 3.63) is 0 Å². The highest BCUT2D eigenvalue weighted by atomic mass is 16.6. The lowest BCUT2D eigenvalue weighted by molar-refractivity contribution is -0.143. The Morgan fingerprint density at radius 1 is 1.27 bits per heavy atom. The van der Waals surface area contributed by atoms with E-state index < -0.39 is 19.3 Å². The van der Waals surface area contributed by atoms with E-state index in [4.69, 9.17) is 15.2 Å². The van der Waals surface area contributed by atoms with Crippen LogP contribution >= 0.6 is 0 Å². The summed E-state index contributed by atoms with van der Waals surface area (Å²) in [4.78, 5) is 20.2. The highest BCUT2D eigenvalue weighted by Crippen LogP contribution is 1.92. The van der Waals surface area contributed by atoms with Gasteiger partial charge in [0, 0.05) is 0 Å². The molecule has 0 rings (SSSR count). The van der Waals surface area contributed by atoms with Crippen LogP contribution in [0.1, 0.15) is 12.8 Å². The third-order valence-electron chi connectivity index (χ3n) is 0.780. The van der Waals surface area contributed by atoms with Crippen molar-refractivity contribution in [3.8, 4) is 0 Å². The smallest absolute Gasteiger partial charge is 0.485 e. The SMILES string of the molecule is O=C(O)CCC(=O)OB(O)O. The molecule has 62 valence electrons. The summed E-state index contributed by atoms with van der Waals surface area (Å²) in [7, 11) is -2.17. The van der Waals surface area contributed by atoms with Gasteiger partial charge in [-0.05, 0) is 0 Å². The molecule has 0 atom stereocenters. The summed E-state index contributed by atoms with van der Waals surface area (Å²) in [5.41, 5.74) is 0. The molecule has 0 bridgehead atoms. The molecule has 0 amide bonds. The van der Waals surface area contributed by atoms with Crippen LogP contribution in [0.4, 0.5) is 0 Å². The fraction of sp³-hybridized carbons (Fsp3) is 0.500. The summed E-state index contributed by atoms with van der Waals surface area (Å²) in [6.07, 6.45) is -0.751. The second kappa shape index (κ2) is 4.70. The molecule has 0 aromatic heterocycles. The standard InChI is InChI=1S/C4H7BO6/c6-3(7)1-2-4(8)11-5(9)10/h9-10H,1-2H2,(H,6,7). The highest BCUT2D eigenvalue weighted by molar-refractivity contribution is 6.35. The van der Waals surface area contributed by atoms with Gasteiger partial charge in [-0.1, -0.05) is 0 Å². The molecule has 0 saturated heterocycles. The van der Waals surface area contributed by atoms with Gasteiger partial charge in [-0.15, -0.1) is 0 Å². The van der Waals surface area contributed by atoms with Crippen molar-refractivity contribution >= 4 is 19.3 Å². The monoisotopic (exact) mass is 162 g/mol. The molecule has 0 aromatic carbocycles. The summed E-state index contributed by atoms with van der Waals surface area (Å²) in [5, 5.41) is 24.2. The molecule has 11 heavy (non-hydrogen) atoms. The topological polar surface area (TPSA) is 104 Å². The van der Waals surface area contributed by atoms with E-state index in [9.17, 15) is 9.59 Å². The number of carboxylic acid groups (broad SMARTS) is 1. The van der Waals surface area contributed by atoms with Gasteiger partial charge < -0.3 is 19.8 Å². The van der Waals surface area contributed by atoms with Crippen molar-refractivity contribution in [1.29, 1.82) is 0 Å². The molecule has 3 N–H and O–H groups in total. The van der Waals surface area contributed by atoms with Gasteiger partial charge >= 0.3 is 13.3 Å². The minimum Gasteiger partial charge on any atom is -0.485 e. The van der Waals surface area contributed by atoms with Crippen LogP contribution < -0.4 is 0 Å². The third kappa shape index (κ3) is 6.81. The number of hydrogen-bond acceptors (Lipinski definition) is 5. The normalized spacial score (nSPS) is 8.91. The molecule has 0 unspecified atom stereocenters. The number of carboxylic acids is 1. The van der Waals surface area contributed by atoms with Crippen LogP contribution in [-0.4, -0.2) is 34.4 Å². The molecule has 0 aliphatic carbocycles. The fourth-order valence-corrected chi connectivity index (χ4v) is 0.385. The predicted octanol–water partition coefficient (Wildman–Crippen LogP) is -1.64. The Morgan fingerprint density at radius 3 is 2.18 bits per heavy atom. The minimum atomic E-state index is -2.17. The third-order valence-corrected chi connectivity index (χ3v) is 0.780. The van der Waals surface area contributed by atoms with Crippen LogP contribution in [-0.2, 0) is 14.2 Å². The van der Waals surface area contributed by atoms with Crippen molar-refractivity contribution in [1.82, 2.24) is 0 Å². The maximum atomic E-state index is 10.4. The molecule has 0 heterocycles. The number of carbonyl (C=O) groups is 2. The number of hydrogen-bond donors (Lipinski definition) is 3. The fourth-order valence-electron chi connectivity index (χ4n) is 0.385. The lowest BCUT2D eigenvalue weighted by Gasteiger charge is -1.99. The number of rotatable bonds is 4. The molecular formula is C4H7BO6. The molecule has 0 spiro atoms. The van der Waals surface area contributed by atoms with E-state index in [-0.39, 0.29) is 12.8 Å². The summed E-state index contributed by atoms with van der Waals surface area (Å²) in [6.45, 7) is 0. The Balaban J connectivity index is 3.45. The highest BCUT2D eigenvalue weighted by Gasteiger charge is 2.16. The molecule has 0 fully saturated rings. The van der Waals surface area contributed by atoms with Gasteiger partial charge in [-0.3, -0.25) is 9.59 Å². The van der Waals surface area contributed by atoms with Crippen LogP contribution in [0.15, 0.2) is 0 Å². The largest absolute Gasteiger partial charge is 0.709 e. The average Bonchev–Trinajstić information content (AvgIpc) is 1.82. The predicted molar refractivity (Wildman–Crippen MR) is 33.2 cm³/mol. The van der Waals surface area contributed by atoms with Gasteiger partial charge in [-0.2, -0.15) is 0 Å². The van der Waals surface area contributed by atoms with E-state index in [1.165, 1.54) is 0 Å². The van der Waals surface area contributed by atoms with Crippen molar-refractivity contribution in [2.24, 2.45) is 0 Å². The Hall–Kier alpha value is -1.08. The van der Waals surface area contributed by atoms with Crippen molar-refractivity contribution in [2.75, 3.05) is 0 Å². The van der Waals surface area contributed by atoms with Crippen LogP contribution in [0.2, 0.25) is 0 Å². The second-order valence-electron chi connectivity index (χ2n) is 1.71. The van der Waals surface area contributed by atoms with Gasteiger partial charge in [0.25, 0.3) is 5.97 Å². The quantitative estimate of drug-likeness (QED) is 0.428. The Morgan fingerprint density at radius 2 is 1.82 bits per heavy atom. The van der Waals surface area contributed by atoms with Crippen LogP contribution in [0.5, 0.6) is 0 Å². The van der Waals surface area contributed by atoms with Gasteiger partial charge in [0.15, 0.2) is 0 Å². The molecule has 0 radical (unpaired) electrons. The van der Waals surface area contributed by atoms with Crippen LogP contribution in [0, 0.1) is 0 Å². The van der Waals surface area contributed by atoms with Gasteiger partial charge in [0.1, 0.15) is 0 Å². The van der Waals surface area contributed by atoms with Crippen molar-refractivity contribution in [3.63, 3.8) is 0 Å². The van der Waals surface area contributed by atoms with Gasteiger partial charge in [0.2, 0.25) is 0 Å². The lowest BCUT2D eigenvalue weighted by Crippen LogP contribution is -2.22. The summed E-state index contributed by atoms with van der Waals surface area (Å²) in [5.74, 6) is -2.10. The van der Waals surface area contributed by atoms with Crippen molar-refractivity contribution in [2.45, 2.75) is 12.8 Å². The Bertz CT molecular complexity index is 155. The second-order valence-corrected chi connectivity index (χ2v) is 1.71. The Labute approximate surface area is 62.6 Å². The van der Waals surface area contributed by atoms with E-state index in [1.54, 1.807) is 0 Å². The van der Waals surface area contributed by atoms with E-state index in [2.05, 4.69) is 4.65 Å². The summed E-state index contributed by atoms with van der Waals surface area (Å²) in [6, 6.07) is 0. The average molecular weight is 162 g/mol. The molecule has 0 aliphatic rings. The van der Waals surface area contributed by atoms with E-state index >= 15 is 0 Å². The molecule has 0 aromatic rings. The first kappa shape index (κ1) is 9.92.